The highest BCUT2D eigenvalue weighted by Crippen LogP contribution is 2.21. The van der Waals surface area contributed by atoms with Gasteiger partial charge in [0.25, 0.3) is 5.91 Å². The van der Waals surface area contributed by atoms with Gasteiger partial charge >= 0.3 is 0 Å². The summed E-state index contributed by atoms with van der Waals surface area (Å²) in [4.78, 5) is 12.0. The fourth-order valence-corrected chi connectivity index (χ4v) is 2.11. The van der Waals surface area contributed by atoms with Gasteiger partial charge in [-0.25, -0.2) is 5.43 Å². The van der Waals surface area contributed by atoms with Crippen LogP contribution in [-0.4, -0.2) is 16.7 Å². The summed E-state index contributed by atoms with van der Waals surface area (Å²) in [6.07, 6.45) is 0. The van der Waals surface area contributed by atoms with E-state index in [-0.39, 0.29) is 11.3 Å². The molecular weight excluding hydrogens is 332 g/mol. The predicted molar refractivity (Wildman–Crippen MR) is 86.7 cm³/mol. The molecule has 2 aromatic rings. The maximum Gasteiger partial charge on any atom is 0.275 e. The second-order valence-corrected chi connectivity index (χ2v) is 5.58. The molecule has 21 heavy (non-hydrogen) atoms. The molecule has 2 aromatic carbocycles. The first-order valence-electron chi connectivity index (χ1n) is 6.37. The summed E-state index contributed by atoms with van der Waals surface area (Å²) in [6.45, 7) is 3.82. The van der Waals surface area contributed by atoms with Crippen LogP contribution in [0.4, 0.5) is 0 Å². The number of rotatable bonds is 3. The molecule has 2 N–H and O–H groups in total. The number of phenols is 1. The molecule has 5 heteroatoms. The minimum Gasteiger partial charge on any atom is -0.507 e. The molecule has 0 aliphatic heterocycles. The smallest absolute Gasteiger partial charge is 0.275 e. The zero-order chi connectivity index (χ0) is 15.4. The van der Waals surface area contributed by atoms with Gasteiger partial charge in [0.2, 0.25) is 0 Å². The van der Waals surface area contributed by atoms with Gasteiger partial charge in [-0.05, 0) is 37.6 Å². The van der Waals surface area contributed by atoms with Crippen molar-refractivity contribution in [3.63, 3.8) is 0 Å². The zero-order valence-corrected chi connectivity index (χ0v) is 13.3. The molecular formula is C16H15BrN2O2. The van der Waals surface area contributed by atoms with Crippen LogP contribution in [0, 0.1) is 6.92 Å². The quantitative estimate of drug-likeness (QED) is 0.658. The van der Waals surface area contributed by atoms with Crippen LogP contribution < -0.4 is 5.43 Å². The lowest BCUT2D eigenvalue weighted by Gasteiger charge is -2.05. The average molecular weight is 347 g/mol. The maximum absolute atomic E-state index is 12.0. The Kier molecular flexibility index (Phi) is 4.75. The Labute approximate surface area is 131 Å². The Bertz CT molecular complexity index is 694. The second-order valence-electron chi connectivity index (χ2n) is 4.67. The van der Waals surface area contributed by atoms with Crippen LogP contribution in [0.15, 0.2) is 52.0 Å². The summed E-state index contributed by atoms with van der Waals surface area (Å²) < 4.78 is 0.713. The van der Waals surface area contributed by atoms with Crippen molar-refractivity contribution in [3.8, 4) is 5.75 Å². The van der Waals surface area contributed by atoms with Crippen molar-refractivity contribution in [1.82, 2.24) is 5.43 Å². The number of hydrazone groups is 1. The molecule has 1 amide bonds. The van der Waals surface area contributed by atoms with E-state index in [1.54, 1.807) is 12.1 Å². The molecule has 0 radical (unpaired) electrons. The lowest BCUT2D eigenvalue weighted by Crippen LogP contribution is -2.19. The van der Waals surface area contributed by atoms with E-state index in [0.717, 1.165) is 11.1 Å². The molecule has 108 valence electrons. The minimum absolute atomic E-state index is 0.0844. The van der Waals surface area contributed by atoms with Gasteiger partial charge in [0.1, 0.15) is 5.75 Å². The molecule has 2 rings (SSSR count). The topological polar surface area (TPSA) is 61.7 Å². The summed E-state index contributed by atoms with van der Waals surface area (Å²) in [5.41, 5.74) is 5.40. The SMILES string of the molecule is C/C(=N/NC(=O)c1cc(Br)ccc1O)c1ccc(C)cc1. The van der Waals surface area contributed by atoms with Crippen molar-refractivity contribution in [2.24, 2.45) is 5.10 Å². The summed E-state index contributed by atoms with van der Waals surface area (Å²) in [5, 5.41) is 13.7. The fourth-order valence-electron chi connectivity index (χ4n) is 1.74. The Morgan fingerprint density at radius 1 is 1.19 bits per heavy atom. The van der Waals surface area contributed by atoms with Crippen molar-refractivity contribution in [2.75, 3.05) is 0 Å². The van der Waals surface area contributed by atoms with E-state index in [9.17, 15) is 9.90 Å². The first-order chi connectivity index (χ1) is 9.97. The number of halogens is 1. The summed E-state index contributed by atoms with van der Waals surface area (Å²) in [7, 11) is 0. The van der Waals surface area contributed by atoms with Gasteiger partial charge < -0.3 is 5.11 Å². The number of nitrogens with one attached hydrogen (secondary N) is 1. The number of hydrogen-bond donors (Lipinski definition) is 2. The Morgan fingerprint density at radius 2 is 1.86 bits per heavy atom. The number of amides is 1. The Hall–Kier alpha value is -2.14. The van der Waals surface area contributed by atoms with Crippen LogP contribution in [0.5, 0.6) is 5.75 Å². The molecule has 0 atom stereocenters. The van der Waals surface area contributed by atoms with Crippen molar-refractivity contribution in [1.29, 1.82) is 0 Å². The van der Waals surface area contributed by atoms with E-state index in [4.69, 9.17) is 0 Å². The summed E-state index contributed by atoms with van der Waals surface area (Å²) in [6, 6.07) is 12.5. The van der Waals surface area contributed by atoms with Crippen LogP contribution in [0.2, 0.25) is 0 Å². The summed E-state index contributed by atoms with van der Waals surface area (Å²) in [5.74, 6) is -0.542. The van der Waals surface area contributed by atoms with Gasteiger partial charge in [0.05, 0.1) is 11.3 Å². The highest BCUT2D eigenvalue weighted by Gasteiger charge is 2.11. The highest BCUT2D eigenvalue weighted by atomic mass is 79.9. The van der Waals surface area contributed by atoms with Crippen molar-refractivity contribution in [3.05, 3.63) is 63.6 Å². The number of aryl methyl sites for hydroxylation is 1. The van der Waals surface area contributed by atoms with Gasteiger partial charge in [0, 0.05) is 4.47 Å². The molecule has 4 nitrogen and oxygen atoms in total. The van der Waals surface area contributed by atoms with Gasteiger partial charge in [0.15, 0.2) is 0 Å². The highest BCUT2D eigenvalue weighted by molar-refractivity contribution is 9.10. The van der Waals surface area contributed by atoms with Gasteiger partial charge in [-0.3, -0.25) is 4.79 Å². The first-order valence-corrected chi connectivity index (χ1v) is 7.17. The van der Waals surface area contributed by atoms with Crippen LogP contribution >= 0.6 is 15.9 Å². The Balaban J connectivity index is 2.14. The molecule has 0 spiro atoms. The third-order valence-corrected chi connectivity index (χ3v) is 3.49. The Morgan fingerprint density at radius 3 is 2.52 bits per heavy atom. The van der Waals surface area contributed by atoms with Crippen LogP contribution in [0.3, 0.4) is 0 Å². The zero-order valence-electron chi connectivity index (χ0n) is 11.7. The van der Waals surface area contributed by atoms with E-state index in [0.29, 0.717) is 10.2 Å². The third kappa shape index (κ3) is 3.92. The number of carbonyl (C=O) groups is 1. The number of hydrogen-bond acceptors (Lipinski definition) is 3. The lowest BCUT2D eigenvalue weighted by atomic mass is 10.1. The standard InChI is InChI=1S/C16H15BrN2O2/c1-10-3-5-12(6-4-10)11(2)18-19-16(21)14-9-13(17)7-8-15(14)20/h3-9,20H,1-2H3,(H,19,21)/b18-11-. The van der Waals surface area contributed by atoms with Crippen molar-refractivity contribution in [2.45, 2.75) is 13.8 Å². The molecule has 0 aromatic heterocycles. The van der Waals surface area contributed by atoms with Crippen molar-refractivity contribution < 1.29 is 9.90 Å². The van der Waals surface area contributed by atoms with Crippen molar-refractivity contribution >= 4 is 27.5 Å². The van der Waals surface area contributed by atoms with Crippen LogP contribution in [0.25, 0.3) is 0 Å². The van der Waals surface area contributed by atoms with E-state index in [2.05, 4.69) is 26.5 Å². The van der Waals surface area contributed by atoms with E-state index in [1.165, 1.54) is 6.07 Å². The molecule has 0 bridgehead atoms. The molecule has 0 aliphatic rings. The van der Waals surface area contributed by atoms with Gasteiger partial charge in [-0.15, -0.1) is 0 Å². The van der Waals surface area contributed by atoms with E-state index < -0.39 is 5.91 Å². The molecule has 0 fully saturated rings. The monoisotopic (exact) mass is 346 g/mol. The number of nitrogens with zero attached hydrogens (tertiary/aromatic N) is 1. The van der Waals surface area contributed by atoms with E-state index >= 15 is 0 Å². The average Bonchev–Trinajstić information content (AvgIpc) is 2.47. The van der Waals surface area contributed by atoms with Crippen LogP contribution in [-0.2, 0) is 0 Å². The fraction of sp³-hybridized carbons (Fsp3) is 0.125. The van der Waals surface area contributed by atoms with Gasteiger partial charge in [-0.2, -0.15) is 5.10 Å². The molecule has 0 heterocycles. The largest absolute Gasteiger partial charge is 0.507 e. The number of phenolic OH excluding ortho intramolecular Hbond substituents is 1. The molecule has 0 saturated heterocycles. The molecule has 0 aliphatic carbocycles. The molecule has 0 unspecified atom stereocenters. The first kappa shape index (κ1) is 15.3. The number of benzene rings is 2. The number of aromatic hydroxyl groups is 1. The normalized spacial score (nSPS) is 11.3. The minimum atomic E-state index is -0.458. The molecule has 0 saturated carbocycles. The maximum atomic E-state index is 12.0. The summed E-state index contributed by atoms with van der Waals surface area (Å²) >= 11 is 3.26. The predicted octanol–water partition coefficient (Wildman–Crippen LogP) is 3.62. The lowest BCUT2D eigenvalue weighted by molar-refractivity contribution is 0.0952. The third-order valence-electron chi connectivity index (χ3n) is 3.00. The number of carbonyl (C=O) groups excluding carboxylic acids is 1. The second kappa shape index (κ2) is 6.54. The van der Waals surface area contributed by atoms with E-state index in [1.807, 2.05) is 38.1 Å². The van der Waals surface area contributed by atoms with Gasteiger partial charge in [-0.1, -0.05) is 45.8 Å². The van der Waals surface area contributed by atoms with Crippen LogP contribution in [0.1, 0.15) is 28.4 Å².